The average Bonchev–Trinajstić information content (AvgIpc) is 3.55. The van der Waals surface area contributed by atoms with Crippen LogP contribution in [-0.2, 0) is 11.0 Å². The van der Waals surface area contributed by atoms with Crippen molar-refractivity contribution in [3.8, 4) is 17.0 Å². The molecule has 0 radical (unpaired) electrons. The molecule has 2 aromatic heterocycles. The number of hydrogen-bond acceptors (Lipinski definition) is 5. The fraction of sp³-hybridized carbons (Fsp3) is 0.375. The highest BCUT2D eigenvalue weighted by atomic mass is 32.1. The topological polar surface area (TPSA) is 55.3 Å². The Kier molecular flexibility index (Phi) is 6.97. The molecule has 1 fully saturated rings. The van der Waals surface area contributed by atoms with Gasteiger partial charge in [-0.3, -0.25) is 14.7 Å². The molecule has 5 nitrogen and oxygen atoms in total. The summed E-state index contributed by atoms with van der Waals surface area (Å²) in [7, 11) is 0. The maximum Gasteiger partial charge on any atom is 0.420 e. The molecule has 33 heavy (non-hydrogen) atoms. The van der Waals surface area contributed by atoms with Crippen LogP contribution in [0.1, 0.15) is 44.6 Å². The summed E-state index contributed by atoms with van der Waals surface area (Å²) < 4.78 is 47.0. The molecule has 0 atom stereocenters. The molecule has 174 valence electrons. The van der Waals surface area contributed by atoms with Crippen LogP contribution < -0.4 is 9.64 Å². The van der Waals surface area contributed by atoms with E-state index in [0.717, 1.165) is 37.3 Å². The van der Waals surface area contributed by atoms with Crippen molar-refractivity contribution in [3.05, 3.63) is 53.7 Å². The Morgan fingerprint density at radius 2 is 2.06 bits per heavy atom. The number of rotatable bonds is 9. The van der Waals surface area contributed by atoms with Gasteiger partial charge in [0.2, 0.25) is 5.91 Å². The molecule has 1 aromatic carbocycles. The van der Waals surface area contributed by atoms with E-state index < -0.39 is 11.7 Å². The van der Waals surface area contributed by atoms with Gasteiger partial charge in [-0.05, 0) is 49.6 Å². The first-order chi connectivity index (χ1) is 15.9. The van der Waals surface area contributed by atoms with Crippen LogP contribution in [0.4, 0.5) is 24.0 Å². The van der Waals surface area contributed by atoms with Crippen LogP contribution in [0.3, 0.4) is 0 Å². The van der Waals surface area contributed by atoms with Crippen LogP contribution in [0.25, 0.3) is 11.3 Å². The number of thiazole rings is 1. The molecule has 1 aliphatic rings. The van der Waals surface area contributed by atoms with Crippen molar-refractivity contribution < 1.29 is 22.7 Å². The molecule has 0 bridgehead atoms. The Hall–Kier alpha value is -2.94. The first-order valence-corrected chi connectivity index (χ1v) is 11.8. The highest BCUT2D eigenvalue weighted by molar-refractivity contribution is 7.14. The minimum absolute atomic E-state index is 0.132. The van der Waals surface area contributed by atoms with Crippen LogP contribution >= 0.6 is 11.3 Å². The summed E-state index contributed by atoms with van der Waals surface area (Å²) in [5, 5.41) is 2.10. The zero-order valence-electron chi connectivity index (χ0n) is 18.1. The Labute approximate surface area is 194 Å². The van der Waals surface area contributed by atoms with Gasteiger partial charge in [0.05, 0.1) is 23.6 Å². The van der Waals surface area contributed by atoms with Gasteiger partial charge in [0.1, 0.15) is 5.75 Å². The second-order valence-corrected chi connectivity index (χ2v) is 8.78. The summed E-state index contributed by atoms with van der Waals surface area (Å²) in [6.07, 6.45) is 2.63. The van der Waals surface area contributed by atoms with Crippen LogP contribution in [0.5, 0.6) is 5.75 Å². The van der Waals surface area contributed by atoms with Crippen molar-refractivity contribution >= 4 is 28.1 Å². The normalized spacial score (nSPS) is 13.7. The molecule has 9 heteroatoms. The van der Waals surface area contributed by atoms with E-state index in [2.05, 4.69) is 9.97 Å². The van der Waals surface area contributed by atoms with Crippen molar-refractivity contribution in [2.45, 2.75) is 45.2 Å². The zero-order chi connectivity index (χ0) is 23.4. The molecule has 2 heterocycles. The van der Waals surface area contributed by atoms with Crippen LogP contribution in [-0.4, -0.2) is 22.5 Å². The second kappa shape index (κ2) is 9.91. The maximum absolute atomic E-state index is 13.9. The molecular weight excluding hydrogens is 451 g/mol. The predicted molar refractivity (Wildman–Crippen MR) is 122 cm³/mol. The quantitative estimate of drug-likeness (QED) is 0.317. The third-order valence-corrected chi connectivity index (χ3v) is 6.15. The number of unbranched alkanes of at least 4 members (excludes halogenated alkanes) is 2. The highest BCUT2D eigenvalue weighted by Gasteiger charge is 2.39. The SMILES string of the molecule is CCCCCOc1ccc(N(C(=O)C2CC2)c2nc(-c3cccnc3)cs2)cc1C(F)(F)F. The van der Waals surface area contributed by atoms with E-state index in [1.54, 1.807) is 23.8 Å². The van der Waals surface area contributed by atoms with Gasteiger partial charge in [-0.15, -0.1) is 11.3 Å². The third-order valence-electron chi connectivity index (χ3n) is 5.32. The van der Waals surface area contributed by atoms with E-state index in [9.17, 15) is 18.0 Å². The van der Waals surface area contributed by atoms with Crippen LogP contribution in [0.15, 0.2) is 48.1 Å². The van der Waals surface area contributed by atoms with E-state index in [0.29, 0.717) is 17.2 Å². The zero-order valence-corrected chi connectivity index (χ0v) is 19.0. The maximum atomic E-state index is 13.9. The van der Waals surface area contributed by atoms with Gasteiger partial charge in [-0.1, -0.05) is 19.8 Å². The van der Waals surface area contributed by atoms with Gasteiger partial charge < -0.3 is 4.74 Å². The monoisotopic (exact) mass is 475 g/mol. The Bertz CT molecular complexity index is 1100. The first kappa shape index (κ1) is 23.2. The smallest absolute Gasteiger partial charge is 0.420 e. The van der Waals surface area contributed by atoms with Crippen LogP contribution in [0.2, 0.25) is 0 Å². The average molecular weight is 476 g/mol. The molecule has 1 aliphatic carbocycles. The van der Waals surface area contributed by atoms with Crippen molar-refractivity contribution in [2.24, 2.45) is 5.92 Å². The number of halogens is 3. The minimum Gasteiger partial charge on any atom is -0.493 e. The van der Waals surface area contributed by atoms with Gasteiger partial charge in [-0.25, -0.2) is 4.98 Å². The summed E-state index contributed by atoms with van der Waals surface area (Å²) in [4.78, 5) is 23.0. The van der Waals surface area contributed by atoms with Crippen molar-refractivity contribution in [2.75, 3.05) is 11.5 Å². The summed E-state index contributed by atoms with van der Waals surface area (Å²) >= 11 is 1.21. The lowest BCUT2D eigenvalue weighted by atomic mass is 10.1. The molecule has 0 aliphatic heterocycles. The predicted octanol–water partition coefficient (Wildman–Crippen LogP) is 6.87. The first-order valence-electron chi connectivity index (χ1n) is 10.9. The van der Waals surface area contributed by atoms with Gasteiger partial charge >= 0.3 is 6.18 Å². The van der Waals surface area contributed by atoms with Crippen molar-refractivity contribution in [1.29, 1.82) is 0 Å². The molecule has 4 rings (SSSR count). The lowest BCUT2D eigenvalue weighted by Crippen LogP contribution is -2.27. The number of carbonyl (C=O) groups is 1. The largest absolute Gasteiger partial charge is 0.493 e. The number of pyridine rings is 1. The Morgan fingerprint density at radius 3 is 2.73 bits per heavy atom. The lowest BCUT2D eigenvalue weighted by Gasteiger charge is -2.22. The molecule has 1 amide bonds. The van der Waals surface area contributed by atoms with E-state index >= 15 is 0 Å². The minimum atomic E-state index is -4.62. The number of hydrogen-bond donors (Lipinski definition) is 0. The molecule has 0 unspecified atom stereocenters. The molecule has 0 saturated heterocycles. The fourth-order valence-electron chi connectivity index (χ4n) is 3.40. The van der Waals surface area contributed by atoms with Gasteiger partial charge in [0.25, 0.3) is 0 Å². The van der Waals surface area contributed by atoms with Crippen molar-refractivity contribution in [1.82, 2.24) is 9.97 Å². The highest BCUT2D eigenvalue weighted by Crippen LogP contribution is 2.43. The van der Waals surface area contributed by atoms with Gasteiger partial charge in [0.15, 0.2) is 5.13 Å². The Morgan fingerprint density at radius 1 is 1.24 bits per heavy atom. The standard InChI is InChI=1S/C24H24F3N3O2S/c1-2-3-4-12-32-21-10-9-18(13-19(21)24(25,26)27)30(22(31)16-7-8-16)23-29-20(15-33-23)17-6-5-11-28-14-17/h5-6,9-11,13-16H,2-4,7-8,12H2,1H3. The molecule has 0 spiro atoms. The Balaban J connectivity index is 1.69. The third kappa shape index (κ3) is 5.52. The number of nitrogens with zero attached hydrogens (tertiary/aromatic N) is 3. The molecular formula is C24H24F3N3O2S. The molecule has 1 saturated carbocycles. The summed E-state index contributed by atoms with van der Waals surface area (Å²) in [6.45, 7) is 2.22. The number of aromatic nitrogens is 2. The summed E-state index contributed by atoms with van der Waals surface area (Å²) in [5.41, 5.74) is 0.621. The number of amides is 1. The van der Waals surface area contributed by atoms with Gasteiger partial charge in [-0.2, -0.15) is 13.2 Å². The van der Waals surface area contributed by atoms with E-state index in [1.165, 1.54) is 28.4 Å². The second-order valence-electron chi connectivity index (χ2n) is 7.94. The van der Waals surface area contributed by atoms with E-state index in [-0.39, 0.29) is 29.9 Å². The number of carbonyl (C=O) groups excluding carboxylic acids is 1. The van der Waals surface area contributed by atoms with Gasteiger partial charge in [0, 0.05) is 29.3 Å². The fourth-order valence-corrected chi connectivity index (χ4v) is 4.25. The molecule has 0 N–H and O–H groups in total. The van der Waals surface area contributed by atoms with Crippen molar-refractivity contribution in [3.63, 3.8) is 0 Å². The summed E-state index contributed by atoms with van der Waals surface area (Å²) in [6, 6.07) is 7.39. The number of ether oxygens (including phenoxy) is 1. The van der Waals surface area contributed by atoms with E-state index in [4.69, 9.17) is 4.74 Å². The number of alkyl halides is 3. The number of benzene rings is 1. The van der Waals surface area contributed by atoms with Crippen LogP contribution in [0, 0.1) is 5.92 Å². The summed E-state index contributed by atoms with van der Waals surface area (Å²) in [5.74, 6) is -0.668. The number of anilines is 2. The lowest BCUT2D eigenvalue weighted by molar-refractivity contribution is -0.139. The molecule has 3 aromatic rings. The van der Waals surface area contributed by atoms with E-state index in [1.807, 2.05) is 13.0 Å².